The maximum atomic E-state index is 13.0. The van der Waals surface area contributed by atoms with E-state index >= 15 is 0 Å². The fourth-order valence-corrected chi connectivity index (χ4v) is 3.77. The number of Topliss-reactive ketones (excluding diaryl/α,β-unsaturated/α-hetero) is 1. The summed E-state index contributed by atoms with van der Waals surface area (Å²) in [6, 6.07) is 12.3. The van der Waals surface area contributed by atoms with E-state index in [0.29, 0.717) is 35.4 Å². The van der Waals surface area contributed by atoms with Gasteiger partial charge in [-0.3, -0.25) is 9.59 Å². The molecule has 122 valence electrons. The molecule has 5 heteroatoms. The van der Waals surface area contributed by atoms with Crippen molar-refractivity contribution < 1.29 is 19.4 Å². The minimum Gasteiger partial charge on any atom is -0.497 e. The molecule has 1 aliphatic heterocycles. The molecule has 4 rings (SSSR count). The van der Waals surface area contributed by atoms with Crippen molar-refractivity contribution in [2.24, 2.45) is 5.92 Å². The summed E-state index contributed by atoms with van der Waals surface area (Å²) in [5.41, 5.74) is 0.679. The summed E-state index contributed by atoms with van der Waals surface area (Å²) < 4.78 is 5.20. The van der Waals surface area contributed by atoms with Gasteiger partial charge in [0.15, 0.2) is 11.4 Å². The minimum atomic E-state index is -1.81. The van der Waals surface area contributed by atoms with Gasteiger partial charge in [0.2, 0.25) is 0 Å². The highest BCUT2D eigenvalue weighted by Crippen LogP contribution is 2.45. The minimum absolute atomic E-state index is 0.201. The third-order valence-electron chi connectivity index (χ3n) is 5.03. The number of amides is 1. The van der Waals surface area contributed by atoms with Crippen LogP contribution in [0.25, 0.3) is 0 Å². The van der Waals surface area contributed by atoms with Gasteiger partial charge in [-0.2, -0.15) is 0 Å². The van der Waals surface area contributed by atoms with Crippen LogP contribution in [0, 0.1) is 5.92 Å². The molecule has 2 aliphatic rings. The lowest BCUT2D eigenvalue weighted by molar-refractivity contribution is -0.138. The van der Waals surface area contributed by atoms with Gasteiger partial charge in [0.05, 0.1) is 13.0 Å². The fourth-order valence-electron chi connectivity index (χ4n) is 3.77. The number of fused-ring (bicyclic) bond motifs is 2. The summed E-state index contributed by atoms with van der Waals surface area (Å²) in [6.45, 7) is 0. The van der Waals surface area contributed by atoms with Crippen molar-refractivity contribution in [1.29, 1.82) is 0 Å². The quantitative estimate of drug-likeness (QED) is 0.889. The molecule has 0 fully saturated rings. The van der Waals surface area contributed by atoms with Gasteiger partial charge in [-0.25, -0.2) is 0 Å². The molecule has 1 aliphatic carbocycles. The smallest absolute Gasteiger partial charge is 0.261 e. The van der Waals surface area contributed by atoms with Gasteiger partial charge in [-0.15, -0.1) is 0 Å². The summed E-state index contributed by atoms with van der Waals surface area (Å²) >= 11 is 0. The second-order valence-corrected chi connectivity index (χ2v) is 6.24. The van der Waals surface area contributed by atoms with Crippen LogP contribution >= 0.6 is 0 Å². The van der Waals surface area contributed by atoms with Gasteiger partial charge in [0.25, 0.3) is 5.91 Å². The average Bonchev–Trinajstić information content (AvgIpc) is 2.86. The molecule has 0 saturated heterocycles. The highest BCUT2D eigenvalue weighted by molar-refractivity contribution is 6.11. The largest absolute Gasteiger partial charge is 0.497 e. The summed E-state index contributed by atoms with van der Waals surface area (Å²) in [6.07, 6.45) is 1.03. The van der Waals surface area contributed by atoms with Gasteiger partial charge in [0.1, 0.15) is 5.75 Å². The standard InChI is InChI=1S/C19H17NO4/c1-24-12-7-8-13-11(10-12)6-9-15(17(13)21)19(23)14-4-2-3-5-16(14)20-18(19)22/h2-5,7-8,10,15,23H,6,9H2,1H3,(H,20,22)/t15-,19-/m1/s1. The molecule has 2 aromatic rings. The van der Waals surface area contributed by atoms with E-state index in [0.717, 1.165) is 5.56 Å². The van der Waals surface area contributed by atoms with Crippen molar-refractivity contribution in [2.75, 3.05) is 12.4 Å². The van der Waals surface area contributed by atoms with E-state index in [1.165, 1.54) is 0 Å². The summed E-state index contributed by atoms with van der Waals surface area (Å²) in [5.74, 6) is -0.822. The lowest BCUT2D eigenvalue weighted by atomic mass is 9.71. The predicted octanol–water partition coefficient (Wildman–Crippen LogP) is 2.28. The van der Waals surface area contributed by atoms with Gasteiger partial charge in [0, 0.05) is 16.8 Å². The zero-order chi connectivity index (χ0) is 16.9. The van der Waals surface area contributed by atoms with E-state index in [1.807, 2.05) is 6.07 Å². The topological polar surface area (TPSA) is 75.6 Å². The zero-order valence-electron chi connectivity index (χ0n) is 13.2. The van der Waals surface area contributed by atoms with E-state index in [-0.39, 0.29) is 5.78 Å². The molecule has 0 unspecified atom stereocenters. The van der Waals surface area contributed by atoms with E-state index in [1.54, 1.807) is 43.5 Å². The van der Waals surface area contributed by atoms with Crippen molar-refractivity contribution in [3.63, 3.8) is 0 Å². The summed E-state index contributed by atoms with van der Waals surface area (Å²) in [5, 5.41) is 13.9. The van der Waals surface area contributed by atoms with Crippen LogP contribution in [0.1, 0.15) is 27.9 Å². The lowest BCUT2D eigenvalue weighted by Crippen LogP contribution is -2.47. The van der Waals surface area contributed by atoms with E-state index in [2.05, 4.69) is 5.32 Å². The summed E-state index contributed by atoms with van der Waals surface area (Å²) in [7, 11) is 1.58. The Morgan fingerprint density at radius 2 is 2.00 bits per heavy atom. The van der Waals surface area contributed by atoms with E-state index < -0.39 is 17.4 Å². The van der Waals surface area contributed by atoms with Crippen LogP contribution in [0.2, 0.25) is 0 Å². The third-order valence-corrected chi connectivity index (χ3v) is 5.03. The first-order chi connectivity index (χ1) is 11.6. The molecule has 1 heterocycles. The first kappa shape index (κ1) is 14.9. The van der Waals surface area contributed by atoms with Crippen LogP contribution in [0.5, 0.6) is 5.75 Å². The van der Waals surface area contributed by atoms with Crippen molar-refractivity contribution in [3.8, 4) is 5.75 Å². The number of rotatable bonds is 2. The van der Waals surface area contributed by atoms with Crippen LogP contribution in [-0.4, -0.2) is 23.9 Å². The number of benzene rings is 2. The molecule has 0 saturated carbocycles. The Kier molecular flexibility index (Phi) is 3.21. The number of ether oxygens (including phenoxy) is 1. The van der Waals surface area contributed by atoms with Gasteiger partial charge >= 0.3 is 0 Å². The van der Waals surface area contributed by atoms with Crippen molar-refractivity contribution >= 4 is 17.4 Å². The Hall–Kier alpha value is -2.66. The monoisotopic (exact) mass is 323 g/mol. The van der Waals surface area contributed by atoms with Gasteiger partial charge in [-0.05, 0) is 42.7 Å². The molecular weight excluding hydrogens is 306 g/mol. The zero-order valence-corrected chi connectivity index (χ0v) is 13.2. The normalized spacial score (nSPS) is 25.0. The van der Waals surface area contributed by atoms with Gasteiger partial charge in [-0.1, -0.05) is 18.2 Å². The number of methoxy groups -OCH3 is 1. The fraction of sp³-hybridized carbons (Fsp3) is 0.263. The molecule has 2 atom stereocenters. The number of hydrogen-bond acceptors (Lipinski definition) is 4. The number of nitrogens with one attached hydrogen (secondary N) is 1. The van der Waals surface area contributed by atoms with Crippen molar-refractivity contribution in [1.82, 2.24) is 0 Å². The second-order valence-electron chi connectivity index (χ2n) is 6.24. The number of hydrogen-bond donors (Lipinski definition) is 2. The lowest BCUT2D eigenvalue weighted by Gasteiger charge is -2.33. The SMILES string of the molecule is COc1ccc2c(c1)CC[C@@H]([C@@]1(O)C(=O)Nc3ccccc31)C2=O. The Bertz CT molecular complexity index is 860. The van der Waals surface area contributed by atoms with Crippen molar-refractivity contribution in [3.05, 3.63) is 59.2 Å². The molecule has 0 bridgehead atoms. The Morgan fingerprint density at radius 1 is 1.21 bits per heavy atom. The van der Waals surface area contributed by atoms with Crippen LogP contribution in [0.15, 0.2) is 42.5 Å². The van der Waals surface area contributed by atoms with Crippen LogP contribution in [0.4, 0.5) is 5.69 Å². The number of aliphatic hydroxyl groups is 1. The molecular formula is C19H17NO4. The Balaban J connectivity index is 1.78. The van der Waals surface area contributed by atoms with E-state index in [4.69, 9.17) is 4.74 Å². The summed E-state index contributed by atoms with van der Waals surface area (Å²) in [4.78, 5) is 25.5. The Labute approximate surface area is 139 Å². The van der Waals surface area contributed by atoms with E-state index in [9.17, 15) is 14.7 Å². The number of para-hydroxylation sites is 1. The average molecular weight is 323 g/mol. The first-order valence-corrected chi connectivity index (χ1v) is 7.90. The third kappa shape index (κ3) is 1.91. The maximum Gasteiger partial charge on any atom is 0.261 e. The molecule has 0 radical (unpaired) electrons. The second kappa shape index (κ2) is 5.18. The van der Waals surface area contributed by atoms with Crippen molar-refractivity contribution in [2.45, 2.75) is 18.4 Å². The number of carbonyl (C=O) groups is 2. The number of aryl methyl sites for hydroxylation is 1. The van der Waals surface area contributed by atoms with Crippen LogP contribution in [0.3, 0.4) is 0 Å². The van der Waals surface area contributed by atoms with Crippen LogP contribution < -0.4 is 10.1 Å². The Morgan fingerprint density at radius 3 is 2.79 bits per heavy atom. The first-order valence-electron chi connectivity index (χ1n) is 7.90. The molecule has 5 nitrogen and oxygen atoms in total. The maximum absolute atomic E-state index is 13.0. The molecule has 0 spiro atoms. The molecule has 2 aromatic carbocycles. The molecule has 0 aromatic heterocycles. The molecule has 1 amide bonds. The number of ketones is 1. The molecule has 24 heavy (non-hydrogen) atoms. The van der Waals surface area contributed by atoms with Crippen LogP contribution in [-0.2, 0) is 16.8 Å². The van der Waals surface area contributed by atoms with Gasteiger partial charge < -0.3 is 15.2 Å². The highest BCUT2D eigenvalue weighted by Gasteiger charge is 2.54. The highest BCUT2D eigenvalue weighted by atomic mass is 16.5. The predicted molar refractivity (Wildman–Crippen MR) is 88.1 cm³/mol. The number of anilines is 1. The number of carbonyl (C=O) groups excluding carboxylic acids is 2. The molecule has 2 N–H and O–H groups in total.